The van der Waals surface area contributed by atoms with Crippen molar-refractivity contribution in [2.75, 3.05) is 7.11 Å². The van der Waals surface area contributed by atoms with E-state index in [1.54, 1.807) is 43.5 Å². The van der Waals surface area contributed by atoms with Crippen molar-refractivity contribution >= 4 is 11.9 Å². The first-order valence-corrected chi connectivity index (χ1v) is 6.73. The van der Waals surface area contributed by atoms with Crippen molar-refractivity contribution in [3.63, 3.8) is 0 Å². The number of nitrogens with zero attached hydrogens (tertiary/aromatic N) is 1. The molecule has 2 aromatic heterocycles. The standard InChI is InChI=1S/C16H12N2O5/c1-21-12-6-4-11(5-7-12)18-15(16(20)23-17-18)14(19)9-8-13-3-2-10-22-13/h2-10H,1H3/p+1/b9-8+. The SMILES string of the molecule is COc1ccc(-[n+]2[nH]oc(=O)c2C(=O)/C=C/c2ccco2)cc1. The van der Waals surface area contributed by atoms with Gasteiger partial charge in [-0.25, -0.2) is 4.79 Å². The molecule has 0 spiro atoms. The number of carbonyl (C=O) groups is 1. The molecule has 0 fully saturated rings. The molecule has 0 unspecified atom stereocenters. The van der Waals surface area contributed by atoms with Crippen LogP contribution >= 0.6 is 0 Å². The number of H-pyrrole nitrogens is 1. The summed E-state index contributed by atoms with van der Waals surface area (Å²) in [5, 5.41) is 2.41. The van der Waals surface area contributed by atoms with E-state index in [2.05, 4.69) is 5.27 Å². The number of allylic oxidation sites excluding steroid dienone is 1. The van der Waals surface area contributed by atoms with E-state index in [9.17, 15) is 9.59 Å². The van der Waals surface area contributed by atoms with Crippen LogP contribution in [0.4, 0.5) is 0 Å². The lowest BCUT2D eigenvalue weighted by molar-refractivity contribution is -0.672. The van der Waals surface area contributed by atoms with Gasteiger partial charge >= 0.3 is 11.3 Å². The molecule has 116 valence electrons. The summed E-state index contributed by atoms with van der Waals surface area (Å²) in [6, 6.07) is 10.2. The first-order chi connectivity index (χ1) is 11.2. The molecule has 0 saturated heterocycles. The molecule has 0 aliphatic rings. The van der Waals surface area contributed by atoms with Crippen LogP contribution in [0.5, 0.6) is 5.75 Å². The lowest BCUT2D eigenvalue weighted by atomic mass is 10.2. The molecular formula is C16H13N2O5+. The van der Waals surface area contributed by atoms with Gasteiger partial charge in [0.15, 0.2) is 0 Å². The summed E-state index contributed by atoms with van der Waals surface area (Å²) in [6.07, 6.45) is 4.22. The van der Waals surface area contributed by atoms with Crippen LogP contribution in [0.25, 0.3) is 11.8 Å². The minimum Gasteiger partial charge on any atom is -0.497 e. The molecule has 7 heteroatoms. The quantitative estimate of drug-likeness (QED) is 0.440. The van der Waals surface area contributed by atoms with Crippen LogP contribution < -0.4 is 15.0 Å². The van der Waals surface area contributed by atoms with Gasteiger partial charge in [-0.2, -0.15) is 0 Å². The number of ketones is 1. The second kappa shape index (κ2) is 6.18. The van der Waals surface area contributed by atoms with Crippen molar-refractivity contribution in [3.8, 4) is 11.4 Å². The van der Waals surface area contributed by atoms with E-state index >= 15 is 0 Å². The fourth-order valence-electron chi connectivity index (χ4n) is 2.02. The minimum atomic E-state index is -0.755. The first-order valence-electron chi connectivity index (χ1n) is 6.73. The van der Waals surface area contributed by atoms with Crippen LogP contribution in [-0.4, -0.2) is 18.2 Å². The number of aromatic nitrogens is 2. The fraction of sp³-hybridized carbons (Fsp3) is 0.0625. The van der Waals surface area contributed by atoms with Crippen molar-refractivity contribution in [1.29, 1.82) is 0 Å². The van der Waals surface area contributed by atoms with Crippen molar-refractivity contribution in [1.82, 2.24) is 5.27 Å². The number of methoxy groups -OCH3 is 1. The summed E-state index contributed by atoms with van der Waals surface area (Å²) in [7, 11) is 1.55. The number of carbonyl (C=O) groups excluding carboxylic acids is 1. The van der Waals surface area contributed by atoms with Crippen LogP contribution in [0.1, 0.15) is 16.2 Å². The number of ether oxygens (including phenoxy) is 1. The van der Waals surface area contributed by atoms with Gasteiger partial charge in [0.1, 0.15) is 11.5 Å². The molecule has 0 atom stereocenters. The Morgan fingerprint density at radius 1 is 1.26 bits per heavy atom. The van der Waals surface area contributed by atoms with Crippen LogP contribution in [0, 0.1) is 0 Å². The van der Waals surface area contributed by atoms with E-state index in [-0.39, 0.29) is 5.69 Å². The average molecular weight is 313 g/mol. The third kappa shape index (κ3) is 2.98. The molecule has 1 N–H and O–H groups in total. The molecule has 0 aliphatic carbocycles. The number of benzene rings is 1. The van der Waals surface area contributed by atoms with Gasteiger partial charge in [-0.05, 0) is 46.4 Å². The van der Waals surface area contributed by atoms with Gasteiger partial charge in [0.2, 0.25) is 5.69 Å². The van der Waals surface area contributed by atoms with Gasteiger partial charge in [-0.1, -0.05) is 0 Å². The average Bonchev–Trinajstić information content (AvgIpc) is 3.22. The molecule has 3 aromatic rings. The monoisotopic (exact) mass is 313 g/mol. The summed E-state index contributed by atoms with van der Waals surface area (Å²) in [5.74, 6) is 0.660. The lowest BCUT2D eigenvalue weighted by Crippen LogP contribution is -2.40. The van der Waals surface area contributed by atoms with E-state index in [0.717, 1.165) is 0 Å². The van der Waals surface area contributed by atoms with Gasteiger partial charge in [-0.3, -0.25) is 9.32 Å². The Morgan fingerprint density at radius 2 is 2.04 bits per heavy atom. The third-order valence-corrected chi connectivity index (χ3v) is 3.15. The second-order valence-corrected chi connectivity index (χ2v) is 4.58. The largest absolute Gasteiger partial charge is 0.497 e. The summed E-state index contributed by atoms with van der Waals surface area (Å²) in [5.41, 5.74) is -0.334. The van der Waals surface area contributed by atoms with Gasteiger partial charge in [0, 0.05) is 12.1 Å². The maximum Gasteiger partial charge on any atom is 0.439 e. The molecule has 0 saturated carbocycles. The van der Waals surface area contributed by atoms with Crippen LogP contribution in [0.3, 0.4) is 0 Å². The molecule has 3 rings (SSSR count). The summed E-state index contributed by atoms with van der Waals surface area (Å²) in [4.78, 5) is 24.1. The molecule has 0 radical (unpaired) electrons. The Bertz CT molecular complexity index is 885. The maximum atomic E-state index is 12.3. The zero-order chi connectivity index (χ0) is 16.2. The van der Waals surface area contributed by atoms with Gasteiger partial charge in [0.25, 0.3) is 5.78 Å². The zero-order valence-corrected chi connectivity index (χ0v) is 12.2. The topological polar surface area (TPSA) is 89.3 Å². The molecule has 7 nitrogen and oxygen atoms in total. The van der Waals surface area contributed by atoms with Gasteiger partial charge in [0.05, 0.1) is 13.4 Å². The second-order valence-electron chi connectivity index (χ2n) is 4.58. The van der Waals surface area contributed by atoms with Gasteiger partial charge < -0.3 is 9.15 Å². The number of hydrogen-bond acceptors (Lipinski definition) is 5. The van der Waals surface area contributed by atoms with E-state index in [4.69, 9.17) is 13.7 Å². The molecule has 0 amide bonds. The Morgan fingerprint density at radius 3 is 2.70 bits per heavy atom. The predicted octanol–water partition coefficient (Wildman–Crippen LogP) is 1.74. The summed E-state index contributed by atoms with van der Waals surface area (Å²) < 4.78 is 16.2. The fourth-order valence-corrected chi connectivity index (χ4v) is 2.02. The summed E-state index contributed by atoms with van der Waals surface area (Å²) in [6.45, 7) is 0. The number of hydrogen-bond donors (Lipinski definition) is 1. The van der Waals surface area contributed by atoms with Crippen LogP contribution in [-0.2, 0) is 0 Å². The Labute approximate surface area is 130 Å². The van der Waals surface area contributed by atoms with Crippen LogP contribution in [0.2, 0.25) is 0 Å². The molecule has 23 heavy (non-hydrogen) atoms. The van der Waals surface area contributed by atoms with Crippen LogP contribution in [0.15, 0.2) is 62.5 Å². The number of aromatic amines is 1. The van der Waals surface area contributed by atoms with E-state index in [1.807, 2.05) is 0 Å². The minimum absolute atomic E-state index is 0.141. The van der Waals surface area contributed by atoms with Crippen molar-refractivity contribution in [2.24, 2.45) is 0 Å². The van der Waals surface area contributed by atoms with E-state index in [0.29, 0.717) is 17.2 Å². The maximum absolute atomic E-state index is 12.3. The predicted molar refractivity (Wildman–Crippen MR) is 79.5 cm³/mol. The Kier molecular flexibility index (Phi) is 3.92. The third-order valence-electron chi connectivity index (χ3n) is 3.15. The highest BCUT2D eigenvalue weighted by atomic mass is 16.5. The molecule has 0 bridgehead atoms. The van der Waals surface area contributed by atoms with Crippen molar-refractivity contribution < 1.29 is 23.2 Å². The Hall–Kier alpha value is -3.35. The van der Waals surface area contributed by atoms with Crippen molar-refractivity contribution in [2.45, 2.75) is 0 Å². The van der Waals surface area contributed by atoms with E-state index < -0.39 is 11.4 Å². The smallest absolute Gasteiger partial charge is 0.439 e. The van der Waals surface area contributed by atoms with E-state index in [1.165, 1.54) is 23.1 Å². The number of rotatable bonds is 5. The van der Waals surface area contributed by atoms with Gasteiger partial charge in [-0.15, -0.1) is 0 Å². The highest BCUT2D eigenvalue weighted by Crippen LogP contribution is 2.11. The summed E-state index contributed by atoms with van der Waals surface area (Å²) >= 11 is 0. The zero-order valence-electron chi connectivity index (χ0n) is 12.2. The lowest BCUT2D eigenvalue weighted by Gasteiger charge is -1.97. The highest BCUT2D eigenvalue weighted by molar-refractivity contribution is 6.04. The number of furan rings is 1. The number of nitrogens with one attached hydrogen (secondary N) is 1. The van der Waals surface area contributed by atoms with Crippen molar-refractivity contribution in [3.05, 3.63) is 70.6 Å². The first kappa shape index (κ1) is 14.6. The highest BCUT2D eigenvalue weighted by Gasteiger charge is 2.28. The molecule has 1 aromatic carbocycles. The molecule has 2 heterocycles. The Balaban J connectivity index is 1.94. The molecule has 0 aliphatic heterocycles. The normalized spacial score (nSPS) is 11.0. The molecular weight excluding hydrogens is 300 g/mol.